The summed E-state index contributed by atoms with van der Waals surface area (Å²) < 4.78 is 10.8. The molecule has 1 aliphatic heterocycles. The van der Waals surface area contributed by atoms with Gasteiger partial charge in [0.05, 0.1) is 24.3 Å². The maximum absolute atomic E-state index is 11.0. The van der Waals surface area contributed by atoms with Crippen LogP contribution in [0.1, 0.15) is 33.6 Å². The van der Waals surface area contributed by atoms with Crippen LogP contribution in [-0.2, 0) is 4.74 Å². The van der Waals surface area contributed by atoms with E-state index in [0.717, 1.165) is 12.8 Å². The summed E-state index contributed by atoms with van der Waals surface area (Å²) in [5.74, 6) is -2.18. The van der Waals surface area contributed by atoms with Crippen LogP contribution in [-0.4, -0.2) is 41.5 Å². The maximum atomic E-state index is 11.0. The van der Waals surface area contributed by atoms with E-state index in [4.69, 9.17) is 19.7 Å². The molecule has 2 rings (SSSR count). The summed E-state index contributed by atoms with van der Waals surface area (Å²) in [5, 5.41) is 17.9. The monoisotopic (exact) mass is 266 g/mol. The minimum Gasteiger partial charge on any atom is -0.490 e. The second-order valence-electron chi connectivity index (χ2n) is 4.25. The lowest BCUT2D eigenvalue weighted by atomic mass is 10.1. The number of carboxylic acids is 2. The average molecular weight is 266 g/mol. The number of ether oxygens (including phenoxy) is 2. The molecule has 0 aliphatic carbocycles. The summed E-state index contributed by atoms with van der Waals surface area (Å²) in [5.41, 5.74) is -0.510. The lowest BCUT2D eigenvalue weighted by Crippen LogP contribution is -2.26. The average Bonchev–Trinajstić information content (AvgIpc) is 2.39. The zero-order chi connectivity index (χ0) is 13.8. The molecule has 1 fully saturated rings. The van der Waals surface area contributed by atoms with Crippen LogP contribution < -0.4 is 4.74 Å². The van der Waals surface area contributed by atoms with Crippen LogP contribution in [0, 0.1) is 0 Å². The molecule has 1 saturated heterocycles. The second kappa shape index (κ2) is 5.71. The molecule has 1 aromatic rings. The fraction of sp³-hybridized carbons (Fsp3) is 0.385. The van der Waals surface area contributed by atoms with Gasteiger partial charge in [-0.25, -0.2) is 9.59 Å². The Balaban J connectivity index is 2.20. The molecule has 1 heterocycles. The molecule has 0 amide bonds. The zero-order valence-electron chi connectivity index (χ0n) is 10.2. The minimum absolute atomic E-state index is 0.0222. The van der Waals surface area contributed by atoms with Crippen molar-refractivity contribution in [1.29, 1.82) is 0 Å². The molecule has 1 aromatic carbocycles. The molecule has 0 spiro atoms. The first kappa shape index (κ1) is 13.4. The van der Waals surface area contributed by atoms with Crippen molar-refractivity contribution in [3.05, 3.63) is 29.3 Å². The van der Waals surface area contributed by atoms with E-state index >= 15 is 0 Å². The molecule has 0 unspecified atom stereocenters. The summed E-state index contributed by atoms with van der Waals surface area (Å²) in [4.78, 5) is 21.9. The molecular formula is C13H14O6. The van der Waals surface area contributed by atoms with Gasteiger partial charge < -0.3 is 19.7 Å². The van der Waals surface area contributed by atoms with Gasteiger partial charge in [0.15, 0.2) is 0 Å². The van der Waals surface area contributed by atoms with Crippen LogP contribution in [0.3, 0.4) is 0 Å². The van der Waals surface area contributed by atoms with Crippen molar-refractivity contribution in [2.24, 2.45) is 0 Å². The normalized spacial score (nSPS) is 16.0. The summed E-state index contributed by atoms with van der Waals surface area (Å²) in [7, 11) is 0. The van der Waals surface area contributed by atoms with Gasteiger partial charge in [-0.1, -0.05) is 0 Å². The highest BCUT2D eigenvalue weighted by Crippen LogP contribution is 2.22. The molecular weight excluding hydrogens is 252 g/mol. The number of hydrogen-bond donors (Lipinski definition) is 2. The smallest absolute Gasteiger partial charge is 0.336 e. The van der Waals surface area contributed by atoms with Gasteiger partial charge in [-0.05, 0) is 18.2 Å². The number of carbonyl (C=O) groups is 2. The van der Waals surface area contributed by atoms with Gasteiger partial charge in [-0.15, -0.1) is 0 Å². The fourth-order valence-electron chi connectivity index (χ4n) is 1.95. The van der Waals surface area contributed by atoms with Crippen LogP contribution in [0.4, 0.5) is 0 Å². The van der Waals surface area contributed by atoms with E-state index < -0.39 is 11.9 Å². The van der Waals surface area contributed by atoms with Crippen LogP contribution in [0.5, 0.6) is 5.75 Å². The van der Waals surface area contributed by atoms with Crippen molar-refractivity contribution in [2.75, 3.05) is 13.2 Å². The van der Waals surface area contributed by atoms with Crippen LogP contribution in [0.15, 0.2) is 18.2 Å². The number of hydrogen-bond acceptors (Lipinski definition) is 4. The highest BCUT2D eigenvalue weighted by Gasteiger charge is 2.19. The number of aromatic carboxylic acids is 2. The van der Waals surface area contributed by atoms with Gasteiger partial charge in [-0.3, -0.25) is 0 Å². The molecule has 2 N–H and O–H groups in total. The third-order valence-corrected chi connectivity index (χ3v) is 2.92. The van der Waals surface area contributed by atoms with E-state index in [1.807, 2.05) is 0 Å². The number of carboxylic acid groups (broad SMARTS) is 2. The molecule has 6 nitrogen and oxygen atoms in total. The molecule has 0 aromatic heterocycles. The van der Waals surface area contributed by atoms with Crippen molar-refractivity contribution in [3.8, 4) is 5.75 Å². The summed E-state index contributed by atoms with van der Waals surface area (Å²) >= 11 is 0. The highest BCUT2D eigenvalue weighted by molar-refractivity contribution is 6.01. The summed E-state index contributed by atoms with van der Waals surface area (Å²) in [6.45, 7) is 1.23. The standard InChI is InChI=1S/C13H14O6/c14-12(15)10-2-1-9(7-11(10)13(16)17)19-8-3-5-18-6-4-8/h1-2,7-8H,3-6H2,(H,14,15)(H,16,17). The predicted molar refractivity (Wildman–Crippen MR) is 64.8 cm³/mol. The Kier molecular flexibility index (Phi) is 4.01. The largest absolute Gasteiger partial charge is 0.490 e. The van der Waals surface area contributed by atoms with Crippen LogP contribution >= 0.6 is 0 Å². The second-order valence-corrected chi connectivity index (χ2v) is 4.25. The third kappa shape index (κ3) is 3.23. The first-order valence-corrected chi connectivity index (χ1v) is 5.93. The predicted octanol–water partition coefficient (Wildman–Crippen LogP) is 1.64. The molecule has 1 aliphatic rings. The molecule has 19 heavy (non-hydrogen) atoms. The lowest BCUT2D eigenvalue weighted by Gasteiger charge is -2.23. The zero-order valence-corrected chi connectivity index (χ0v) is 10.2. The van der Waals surface area contributed by atoms with Gasteiger partial charge in [-0.2, -0.15) is 0 Å². The Morgan fingerprint density at radius 2 is 1.74 bits per heavy atom. The fourth-order valence-corrected chi connectivity index (χ4v) is 1.95. The van der Waals surface area contributed by atoms with E-state index in [-0.39, 0.29) is 17.2 Å². The first-order valence-electron chi connectivity index (χ1n) is 5.93. The molecule has 102 valence electrons. The Morgan fingerprint density at radius 1 is 1.11 bits per heavy atom. The van der Waals surface area contributed by atoms with E-state index in [9.17, 15) is 9.59 Å². The molecule has 0 saturated carbocycles. The summed E-state index contributed by atoms with van der Waals surface area (Å²) in [6, 6.07) is 3.98. The SMILES string of the molecule is O=C(O)c1ccc(OC2CCOCC2)cc1C(=O)O. The Morgan fingerprint density at radius 3 is 2.32 bits per heavy atom. The quantitative estimate of drug-likeness (QED) is 0.860. The number of rotatable bonds is 4. The van der Waals surface area contributed by atoms with Crippen molar-refractivity contribution < 1.29 is 29.3 Å². The van der Waals surface area contributed by atoms with E-state index in [0.29, 0.717) is 19.0 Å². The lowest BCUT2D eigenvalue weighted by molar-refractivity contribution is 0.0254. The van der Waals surface area contributed by atoms with Gasteiger partial charge in [0, 0.05) is 12.8 Å². The molecule has 6 heteroatoms. The Hall–Kier alpha value is -2.08. The Labute approximate surface area is 109 Å². The topological polar surface area (TPSA) is 93.1 Å². The number of benzene rings is 1. The highest BCUT2D eigenvalue weighted by atomic mass is 16.5. The van der Waals surface area contributed by atoms with E-state index in [1.165, 1.54) is 18.2 Å². The minimum atomic E-state index is -1.28. The molecule has 0 bridgehead atoms. The molecule has 0 radical (unpaired) electrons. The first-order chi connectivity index (χ1) is 9.08. The maximum Gasteiger partial charge on any atom is 0.336 e. The third-order valence-electron chi connectivity index (χ3n) is 2.92. The van der Waals surface area contributed by atoms with Crippen molar-refractivity contribution in [2.45, 2.75) is 18.9 Å². The van der Waals surface area contributed by atoms with Gasteiger partial charge >= 0.3 is 11.9 Å². The molecule has 0 atom stereocenters. The summed E-state index contributed by atoms with van der Waals surface area (Å²) in [6.07, 6.45) is 1.46. The van der Waals surface area contributed by atoms with Gasteiger partial charge in [0.25, 0.3) is 0 Å². The Bertz CT molecular complexity index is 490. The van der Waals surface area contributed by atoms with Gasteiger partial charge in [0.2, 0.25) is 0 Å². The van der Waals surface area contributed by atoms with Crippen molar-refractivity contribution >= 4 is 11.9 Å². The van der Waals surface area contributed by atoms with Crippen molar-refractivity contribution in [3.63, 3.8) is 0 Å². The van der Waals surface area contributed by atoms with Crippen LogP contribution in [0.25, 0.3) is 0 Å². The van der Waals surface area contributed by atoms with Gasteiger partial charge in [0.1, 0.15) is 11.9 Å². The van der Waals surface area contributed by atoms with E-state index in [2.05, 4.69) is 0 Å². The van der Waals surface area contributed by atoms with E-state index in [1.54, 1.807) is 0 Å². The van der Waals surface area contributed by atoms with Crippen molar-refractivity contribution in [1.82, 2.24) is 0 Å². The van der Waals surface area contributed by atoms with Crippen LogP contribution in [0.2, 0.25) is 0 Å².